The van der Waals surface area contributed by atoms with E-state index in [1.165, 1.54) is 0 Å². The van der Waals surface area contributed by atoms with Crippen LogP contribution < -0.4 is 11.1 Å². The average Bonchev–Trinajstić information content (AvgIpc) is 2.56. The summed E-state index contributed by atoms with van der Waals surface area (Å²) in [6.45, 7) is 1.27. The Hall–Kier alpha value is -1.18. The van der Waals surface area contributed by atoms with E-state index >= 15 is 0 Å². The number of alkyl halides is 3. The quantitative estimate of drug-likeness (QED) is 0.569. The standard InChI is InChI=1S/C17H16Cl3F3N2O/c1-9-4-12(3-2-10(9)7-24)25-8-16(26,17(21,22)23)11-5-13(18)15(20)14(19)6-11/h2-6,25-26H,7-8,24H2,1H3/t16-/m1/s1. The summed E-state index contributed by atoms with van der Waals surface area (Å²) in [6.07, 6.45) is -4.98. The van der Waals surface area contributed by atoms with Gasteiger partial charge in [0.1, 0.15) is 0 Å². The Bertz CT molecular complexity index is 791. The first-order valence-electron chi connectivity index (χ1n) is 7.47. The van der Waals surface area contributed by atoms with E-state index in [-0.39, 0.29) is 15.1 Å². The van der Waals surface area contributed by atoms with E-state index in [1.807, 2.05) is 0 Å². The normalized spacial score (nSPS) is 14.2. The summed E-state index contributed by atoms with van der Waals surface area (Å²) in [6, 6.07) is 6.86. The lowest BCUT2D eigenvalue weighted by Crippen LogP contribution is -2.47. The lowest BCUT2D eigenvalue weighted by molar-refractivity contribution is -0.260. The molecule has 9 heteroatoms. The SMILES string of the molecule is Cc1cc(NC[C@@](O)(c2cc(Cl)c(Cl)c(Cl)c2)C(F)(F)F)ccc1CN. The highest BCUT2D eigenvalue weighted by atomic mass is 35.5. The van der Waals surface area contributed by atoms with Crippen molar-refractivity contribution in [3.63, 3.8) is 0 Å². The maximum absolute atomic E-state index is 13.6. The number of nitrogens with one attached hydrogen (secondary N) is 1. The Balaban J connectivity index is 2.38. The van der Waals surface area contributed by atoms with Crippen molar-refractivity contribution in [3.05, 3.63) is 62.1 Å². The largest absolute Gasteiger partial charge is 0.423 e. The Morgan fingerprint density at radius 3 is 2.12 bits per heavy atom. The number of halogens is 6. The van der Waals surface area contributed by atoms with Gasteiger partial charge in [-0.15, -0.1) is 0 Å². The smallest absolute Gasteiger partial charge is 0.381 e. The van der Waals surface area contributed by atoms with Crippen LogP contribution in [0.15, 0.2) is 30.3 Å². The van der Waals surface area contributed by atoms with E-state index in [9.17, 15) is 18.3 Å². The molecule has 0 aliphatic heterocycles. The minimum Gasteiger partial charge on any atom is -0.381 e. The van der Waals surface area contributed by atoms with Crippen molar-refractivity contribution in [2.24, 2.45) is 5.73 Å². The second kappa shape index (κ2) is 7.82. The first-order chi connectivity index (χ1) is 12.0. The maximum Gasteiger partial charge on any atom is 0.423 e. The fourth-order valence-electron chi connectivity index (χ4n) is 2.43. The van der Waals surface area contributed by atoms with Crippen LogP contribution in [0.25, 0.3) is 0 Å². The van der Waals surface area contributed by atoms with Crippen molar-refractivity contribution in [2.75, 3.05) is 11.9 Å². The molecule has 0 aliphatic carbocycles. The molecule has 0 amide bonds. The van der Waals surface area contributed by atoms with Gasteiger partial charge >= 0.3 is 6.18 Å². The molecule has 2 rings (SSSR count). The van der Waals surface area contributed by atoms with Crippen LogP contribution in [0.2, 0.25) is 15.1 Å². The molecule has 0 aromatic heterocycles. The van der Waals surface area contributed by atoms with Crippen LogP contribution >= 0.6 is 34.8 Å². The van der Waals surface area contributed by atoms with Gasteiger partial charge in [-0.25, -0.2) is 0 Å². The molecule has 3 nitrogen and oxygen atoms in total. The van der Waals surface area contributed by atoms with Crippen LogP contribution in [0, 0.1) is 6.92 Å². The van der Waals surface area contributed by atoms with Gasteiger partial charge in [-0.3, -0.25) is 0 Å². The first kappa shape index (κ1) is 21.1. The third-order valence-electron chi connectivity index (χ3n) is 4.04. The lowest BCUT2D eigenvalue weighted by Gasteiger charge is -2.32. The highest BCUT2D eigenvalue weighted by molar-refractivity contribution is 6.48. The number of aryl methyl sites for hydroxylation is 1. The van der Waals surface area contributed by atoms with Crippen molar-refractivity contribution >= 4 is 40.5 Å². The maximum atomic E-state index is 13.6. The first-order valence-corrected chi connectivity index (χ1v) is 8.60. The summed E-state index contributed by atoms with van der Waals surface area (Å²) in [5.74, 6) is 0. The van der Waals surface area contributed by atoms with Gasteiger partial charge < -0.3 is 16.2 Å². The molecule has 2 aromatic rings. The van der Waals surface area contributed by atoms with E-state index in [4.69, 9.17) is 40.5 Å². The van der Waals surface area contributed by atoms with Gasteiger partial charge in [0, 0.05) is 12.2 Å². The molecule has 0 bridgehead atoms. The number of benzene rings is 2. The second-order valence-corrected chi connectivity index (χ2v) is 7.00. The third kappa shape index (κ3) is 4.21. The highest BCUT2D eigenvalue weighted by Gasteiger charge is 2.55. The van der Waals surface area contributed by atoms with Gasteiger partial charge in [0.15, 0.2) is 0 Å². The minimum atomic E-state index is -4.98. The van der Waals surface area contributed by atoms with Crippen molar-refractivity contribution < 1.29 is 18.3 Å². The Morgan fingerprint density at radius 2 is 1.65 bits per heavy atom. The van der Waals surface area contributed by atoms with E-state index in [0.717, 1.165) is 23.3 Å². The number of nitrogens with two attached hydrogens (primary N) is 1. The highest BCUT2D eigenvalue weighted by Crippen LogP contribution is 2.43. The molecular weight excluding hydrogens is 412 g/mol. The molecule has 0 saturated carbocycles. The number of hydrogen-bond acceptors (Lipinski definition) is 3. The second-order valence-electron chi connectivity index (χ2n) is 5.81. The molecular formula is C17H16Cl3F3N2O. The summed E-state index contributed by atoms with van der Waals surface area (Å²) in [5, 5.41) is 12.6. The molecule has 26 heavy (non-hydrogen) atoms. The van der Waals surface area contributed by atoms with Crippen LogP contribution in [0.3, 0.4) is 0 Å². The topological polar surface area (TPSA) is 58.3 Å². The van der Waals surface area contributed by atoms with E-state index in [2.05, 4.69) is 5.32 Å². The summed E-state index contributed by atoms with van der Waals surface area (Å²) in [4.78, 5) is 0. The average molecular weight is 428 g/mol. The van der Waals surface area contributed by atoms with Gasteiger partial charge in [-0.2, -0.15) is 13.2 Å². The Labute approximate surface area is 163 Å². The predicted octanol–water partition coefficient (Wildman–Crippen LogP) is 5.28. The molecule has 142 valence electrons. The molecule has 2 aromatic carbocycles. The zero-order valence-corrected chi connectivity index (χ0v) is 15.9. The van der Waals surface area contributed by atoms with Gasteiger partial charge in [-0.05, 0) is 47.9 Å². The minimum absolute atomic E-state index is 0.0810. The zero-order chi connectivity index (χ0) is 19.7. The number of aliphatic hydroxyl groups is 1. The van der Waals surface area contributed by atoms with Gasteiger partial charge in [0.05, 0.1) is 21.6 Å². The van der Waals surface area contributed by atoms with Crippen molar-refractivity contribution in [1.29, 1.82) is 0 Å². The van der Waals surface area contributed by atoms with Gasteiger partial charge in [0.25, 0.3) is 0 Å². The van der Waals surface area contributed by atoms with Crippen LogP contribution in [0.4, 0.5) is 18.9 Å². The summed E-state index contributed by atoms with van der Waals surface area (Å²) >= 11 is 17.4. The zero-order valence-electron chi connectivity index (χ0n) is 13.6. The fourth-order valence-corrected chi connectivity index (χ4v) is 3.02. The van der Waals surface area contributed by atoms with Gasteiger partial charge in [0.2, 0.25) is 5.60 Å². The number of anilines is 1. The number of hydrogen-bond donors (Lipinski definition) is 3. The van der Waals surface area contributed by atoms with E-state index in [0.29, 0.717) is 12.2 Å². The van der Waals surface area contributed by atoms with Crippen molar-refractivity contribution in [2.45, 2.75) is 25.2 Å². The number of rotatable bonds is 5. The molecule has 0 fully saturated rings. The lowest BCUT2D eigenvalue weighted by atomic mass is 9.92. The monoisotopic (exact) mass is 426 g/mol. The molecule has 0 saturated heterocycles. The molecule has 0 aliphatic rings. The van der Waals surface area contributed by atoms with Crippen LogP contribution in [-0.2, 0) is 12.1 Å². The molecule has 0 unspecified atom stereocenters. The molecule has 0 spiro atoms. The van der Waals surface area contributed by atoms with E-state index in [1.54, 1.807) is 25.1 Å². The van der Waals surface area contributed by atoms with Crippen LogP contribution in [0.1, 0.15) is 16.7 Å². The molecule has 0 heterocycles. The molecule has 4 N–H and O–H groups in total. The van der Waals surface area contributed by atoms with Crippen molar-refractivity contribution in [1.82, 2.24) is 0 Å². The van der Waals surface area contributed by atoms with Crippen molar-refractivity contribution in [3.8, 4) is 0 Å². The summed E-state index contributed by atoms with van der Waals surface area (Å²) in [5.41, 5.74) is 3.96. The summed E-state index contributed by atoms with van der Waals surface area (Å²) in [7, 11) is 0. The van der Waals surface area contributed by atoms with Crippen LogP contribution in [-0.4, -0.2) is 17.8 Å². The summed E-state index contributed by atoms with van der Waals surface area (Å²) < 4.78 is 40.9. The molecule has 0 radical (unpaired) electrons. The third-order valence-corrected chi connectivity index (χ3v) is 5.24. The Kier molecular flexibility index (Phi) is 6.36. The van der Waals surface area contributed by atoms with Gasteiger partial charge in [-0.1, -0.05) is 40.9 Å². The van der Waals surface area contributed by atoms with Crippen LogP contribution in [0.5, 0.6) is 0 Å². The fraction of sp³-hybridized carbons (Fsp3) is 0.294. The van der Waals surface area contributed by atoms with E-state index < -0.39 is 23.9 Å². The predicted molar refractivity (Wildman–Crippen MR) is 99.0 cm³/mol. The molecule has 1 atom stereocenters. The Morgan fingerprint density at radius 1 is 1.08 bits per heavy atom.